The fourth-order valence-electron chi connectivity index (χ4n) is 1.45. The number of rotatable bonds is 5. The average molecular weight is 237 g/mol. The monoisotopic (exact) mass is 237 g/mol. The predicted molar refractivity (Wildman–Crippen MR) is 65.2 cm³/mol. The van der Waals surface area contributed by atoms with Crippen LogP contribution in [0, 0.1) is 0 Å². The second kappa shape index (κ2) is 5.29. The Morgan fingerprint density at radius 2 is 1.59 bits per heavy atom. The minimum absolute atomic E-state index is 0.0832. The average Bonchev–Trinajstić information content (AvgIpc) is 2.32. The van der Waals surface area contributed by atoms with Gasteiger partial charge in [-0.3, -0.25) is 0 Å². The lowest BCUT2D eigenvalue weighted by Gasteiger charge is -2.09. The third kappa shape index (κ3) is 2.35. The van der Waals surface area contributed by atoms with Gasteiger partial charge in [-0.25, -0.2) is 28.1 Å². The zero-order chi connectivity index (χ0) is 13.0. The summed E-state index contributed by atoms with van der Waals surface area (Å²) >= 11 is 0. The van der Waals surface area contributed by atoms with E-state index in [2.05, 4.69) is 13.2 Å². The van der Waals surface area contributed by atoms with Gasteiger partial charge >= 0.3 is 17.1 Å². The number of hydrogen-bond donors (Lipinski definition) is 0. The highest BCUT2D eigenvalue weighted by Crippen LogP contribution is 1.82. The molecular formula is C11H15N3O3. The lowest BCUT2D eigenvalue weighted by atomic mass is 10.4. The molecule has 0 amide bonds. The summed E-state index contributed by atoms with van der Waals surface area (Å²) in [5.74, 6) is 0. The maximum atomic E-state index is 11.9. The van der Waals surface area contributed by atoms with Gasteiger partial charge in [0.1, 0.15) is 0 Å². The number of hydrogen-bond acceptors (Lipinski definition) is 3. The third-order valence-corrected chi connectivity index (χ3v) is 2.37. The van der Waals surface area contributed by atoms with E-state index in [0.29, 0.717) is 6.42 Å². The molecule has 0 saturated carbocycles. The van der Waals surface area contributed by atoms with Crippen LogP contribution in [0.1, 0.15) is 6.42 Å². The van der Waals surface area contributed by atoms with Crippen molar-refractivity contribution in [2.45, 2.75) is 19.5 Å². The van der Waals surface area contributed by atoms with Gasteiger partial charge in [-0.2, -0.15) is 0 Å². The largest absolute Gasteiger partial charge is 0.336 e. The Morgan fingerprint density at radius 3 is 2.12 bits per heavy atom. The van der Waals surface area contributed by atoms with Crippen molar-refractivity contribution in [2.75, 3.05) is 0 Å². The van der Waals surface area contributed by atoms with E-state index in [1.807, 2.05) is 0 Å². The summed E-state index contributed by atoms with van der Waals surface area (Å²) in [6, 6.07) is 0. The zero-order valence-corrected chi connectivity index (χ0v) is 9.76. The van der Waals surface area contributed by atoms with Gasteiger partial charge in [-0.15, -0.1) is 13.2 Å². The molecule has 0 unspecified atom stereocenters. The van der Waals surface area contributed by atoms with Gasteiger partial charge in [-0.1, -0.05) is 12.2 Å². The molecule has 0 aromatic carbocycles. The first-order valence-electron chi connectivity index (χ1n) is 5.17. The van der Waals surface area contributed by atoms with Crippen molar-refractivity contribution < 1.29 is 0 Å². The van der Waals surface area contributed by atoms with Gasteiger partial charge in [0.25, 0.3) is 0 Å². The maximum Gasteiger partial charge on any atom is 0.336 e. The molecule has 92 valence electrons. The fraction of sp³-hybridized carbons (Fsp3) is 0.364. The molecule has 6 nitrogen and oxygen atoms in total. The van der Waals surface area contributed by atoms with Crippen LogP contribution in [0.2, 0.25) is 0 Å². The normalized spacial score (nSPS) is 10.2. The molecule has 1 aromatic rings. The van der Waals surface area contributed by atoms with E-state index in [9.17, 15) is 14.4 Å². The summed E-state index contributed by atoms with van der Waals surface area (Å²) in [6.45, 7) is 7.29. The first-order chi connectivity index (χ1) is 8.04. The van der Waals surface area contributed by atoms with E-state index in [1.54, 1.807) is 6.08 Å². The Bertz CT molecular complexity index is 604. The van der Waals surface area contributed by atoms with Crippen molar-refractivity contribution >= 4 is 0 Å². The SMILES string of the molecule is C=CCCn1c(=O)n(C)c(=O)n(CC=C)c1=O. The Hall–Kier alpha value is -2.11. The molecule has 0 aliphatic rings. The molecule has 0 aliphatic heterocycles. The standard InChI is InChI=1S/C11H15N3O3/c1-4-6-8-14-10(16)12(3)9(15)13(7-5-2)11(14)17/h4-5H,1-2,6-8H2,3H3. The Labute approximate surface area is 97.7 Å². The summed E-state index contributed by atoms with van der Waals surface area (Å²) < 4.78 is 2.90. The van der Waals surface area contributed by atoms with Crippen LogP contribution in [0.4, 0.5) is 0 Å². The predicted octanol–water partition coefficient (Wildman–Crippen LogP) is -0.529. The topological polar surface area (TPSA) is 66.0 Å². The Morgan fingerprint density at radius 1 is 1.00 bits per heavy atom. The highest BCUT2D eigenvalue weighted by atomic mass is 16.2. The molecule has 0 spiro atoms. The van der Waals surface area contributed by atoms with Crippen LogP contribution >= 0.6 is 0 Å². The maximum absolute atomic E-state index is 11.9. The van der Waals surface area contributed by atoms with Gasteiger partial charge < -0.3 is 0 Å². The van der Waals surface area contributed by atoms with E-state index >= 15 is 0 Å². The number of nitrogens with zero attached hydrogens (tertiary/aromatic N) is 3. The summed E-state index contributed by atoms with van der Waals surface area (Å²) in [6.07, 6.45) is 3.53. The molecule has 1 rings (SSSR count). The van der Waals surface area contributed by atoms with Gasteiger partial charge in [0.15, 0.2) is 0 Å². The minimum atomic E-state index is -0.630. The van der Waals surface area contributed by atoms with Crippen molar-refractivity contribution in [3.8, 4) is 0 Å². The molecule has 0 bridgehead atoms. The van der Waals surface area contributed by atoms with E-state index < -0.39 is 17.1 Å². The van der Waals surface area contributed by atoms with Crippen LogP contribution in [-0.2, 0) is 20.1 Å². The lowest BCUT2D eigenvalue weighted by molar-refractivity contribution is 0.493. The third-order valence-electron chi connectivity index (χ3n) is 2.37. The van der Waals surface area contributed by atoms with Gasteiger partial charge in [0.05, 0.1) is 6.54 Å². The minimum Gasteiger partial charge on any atom is -0.248 e. The molecule has 0 radical (unpaired) electrons. The molecule has 1 aromatic heterocycles. The molecular weight excluding hydrogens is 222 g/mol. The Kier molecular flexibility index (Phi) is 4.03. The highest BCUT2D eigenvalue weighted by Gasteiger charge is 2.11. The van der Waals surface area contributed by atoms with Crippen LogP contribution < -0.4 is 17.1 Å². The summed E-state index contributed by atoms with van der Waals surface area (Å²) in [7, 11) is 1.34. The van der Waals surface area contributed by atoms with E-state index in [1.165, 1.54) is 13.1 Å². The zero-order valence-electron chi connectivity index (χ0n) is 9.76. The van der Waals surface area contributed by atoms with Crippen molar-refractivity contribution in [2.24, 2.45) is 7.05 Å². The number of allylic oxidation sites excluding steroid dienone is 2. The lowest BCUT2D eigenvalue weighted by Crippen LogP contribution is -2.53. The first-order valence-corrected chi connectivity index (χ1v) is 5.17. The van der Waals surface area contributed by atoms with E-state index in [-0.39, 0.29) is 13.1 Å². The quantitative estimate of drug-likeness (QED) is 0.647. The second-order valence-corrected chi connectivity index (χ2v) is 3.54. The van der Waals surface area contributed by atoms with Crippen LogP contribution in [0.3, 0.4) is 0 Å². The smallest absolute Gasteiger partial charge is 0.248 e. The highest BCUT2D eigenvalue weighted by molar-refractivity contribution is 4.82. The van der Waals surface area contributed by atoms with Crippen molar-refractivity contribution in [1.82, 2.24) is 13.7 Å². The van der Waals surface area contributed by atoms with Gasteiger partial charge in [-0.05, 0) is 6.42 Å². The van der Waals surface area contributed by atoms with E-state index in [4.69, 9.17) is 0 Å². The second-order valence-electron chi connectivity index (χ2n) is 3.54. The van der Waals surface area contributed by atoms with Crippen LogP contribution in [0.5, 0.6) is 0 Å². The van der Waals surface area contributed by atoms with Crippen molar-refractivity contribution in [3.05, 3.63) is 56.8 Å². The van der Waals surface area contributed by atoms with Crippen LogP contribution in [0.25, 0.3) is 0 Å². The molecule has 1 heterocycles. The van der Waals surface area contributed by atoms with Crippen LogP contribution in [-0.4, -0.2) is 13.7 Å². The van der Waals surface area contributed by atoms with Crippen molar-refractivity contribution in [3.63, 3.8) is 0 Å². The molecule has 0 N–H and O–H groups in total. The summed E-state index contributed by atoms with van der Waals surface area (Å²) in [5, 5.41) is 0. The molecule has 6 heteroatoms. The summed E-state index contributed by atoms with van der Waals surface area (Å²) in [4.78, 5) is 35.3. The molecule has 0 saturated heterocycles. The van der Waals surface area contributed by atoms with Gasteiger partial charge in [0.2, 0.25) is 0 Å². The number of aromatic nitrogens is 3. The molecule has 17 heavy (non-hydrogen) atoms. The summed E-state index contributed by atoms with van der Waals surface area (Å²) in [5.41, 5.74) is -1.85. The van der Waals surface area contributed by atoms with E-state index in [0.717, 1.165) is 13.7 Å². The van der Waals surface area contributed by atoms with Crippen molar-refractivity contribution in [1.29, 1.82) is 0 Å². The van der Waals surface area contributed by atoms with Gasteiger partial charge in [0, 0.05) is 13.6 Å². The first kappa shape index (κ1) is 13.0. The fourth-order valence-corrected chi connectivity index (χ4v) is 1.45. The Balaban J connectivity index is 3.55. The molecule has 0 atom stereocenters. The molecule has 0 fully saturated rings. The van der Waals surface area contributed by atoms with Crippen LogP contribution in [0.15, 0.2) is 39.7 Å². The molecule has 0 aliphatic carbocycles.